The zero-order valence-corrected chi connectivity index (χ0v) is 14.9. The van der Waals surface area contributed by atoms with E-state index < -0.39 is 0 Å². The summed E-state index contributed by atoms with van der Waals surface area (Å²) >= 11 is 6.33. The molecule has 4 nitrogen and oxygen atoms in total. The molecule has 2 fully saturated rings. The summed E-state index contributed by atoms with van der Waals surface area (Å²) in [5.74, 6) is 1.76. The summed E-state index contributed by atoms with van der Waals surface area (Å²) in [5, 5.41) is 0.545. The first-order chi connectivity index (χ1) is 10.3. The number of nitrogens with zero attached hydrogens (tertiary/aromatic N) is 4. The molecule has 2 aliphatic heterocycles. The fraction of sp³-hybridized carbons (Fsp3) is 0.765. The molecule has 1 aromatic heterocycles. The van der Waals surface area contributed by atoms with Gasteiger partial charge in [0.25, 0.3) is 0 Å². The van der Waals surface area contributed by atoms with Crippen molar-refractivity contribution < 1.29 is 0 Å². The fourth-order valence-electron chi connectivity index (χ4n) is 4.14. The normalized spacial score (nSPS) is 23.9. The van der Waals surface area contributed by atoms with Crippen LogP contribution in [0.1, 0.15) is 59.8 Å². The SMILES string of the molecule is CC1(C)CCCC(C)(C)N1c1nc(Cl)cc(N2CCCC2)n1. The number of aromatic nitrogens is 2. The molecule has 0 unspecified atom stereocenters. The minimum absolute atomic E-state index is 0.0503. The fourth-order valence-corrected chi connectivity index (χ4v) is 4.31. The maximum Gasteiger partial charge on any atom is 0.229 e. The molecule has 3 heterocycles. The van der Waals surface area contributed by atoms with Crippen molar-refractivity contribution in [2.45, 2.75) is 70.9 Å². The zero-order valence-electron chi connectivity index (χ0n) is 14.2. The van der Waals surface area contributed by atoms with Crippen LogP contribution in [-0.2, 0) is 0 Å². The minimum Gasteiger partial charge on any atom is -0.356 e. The van der Waals surface area contributed by atoms with Crippen molar-refractivity contribution in [3.05, 3.63) is 11.2 Å². The lowest BCUT2D eigenvalue weighted by Crippen LogP contribution is -2.59. The van der Waals surface area contributed by atoms with E-state index in [1.165, 1.54) is 19.3 Å². The predicted molar refractivity (Wildman–Crippen MR) is 93.0 cm³/mol. The first-order valence-electron chi connectivity index (χ1n) is 8.39. The highest BCUT2D eigenvalue weighted by molar-refractivity contribution is 6.29. The Morgan fingerprint density at radius 3 is 2.14 bits per heavy atom. The van der Waals surface area contributed by atoms with Gasteiger partial charge in [-0.25, -0.2) is 4.98 Å². The van der Waals surface area contributed by atoms with Crippen molar-refractivity contribution in [2.24, 2.45) is 0 Å². The Labute approximate surface area is 138 Å². The van der Waals surface area contributed by atoms with Crippen LogP contribution in [0.5, 0.6) is 0 Å². The Morgan fingerprint density at radius 1 is 0.955 bits per heavy atom. The molecule has 0 N–H and O–H groups in total. The van der Waals surface area contributed by atoms with Crippen LogP contribution in [-0.4, -0.2) is 34.1 Å². The van der Waals surface area contributed by atoms with Gasteiger partial charge in [-0.1, -0.05) is 11.6 Å². The van der Waals surface area contributed by atoms with E-state index in [2.05, 4.69) is 42.5 Å². The van der Waals surface area contributed by atoms with Crippen LogP contribution in [0.25, 0.3) is 0 Å². The number of rotatable bonds is 2. The molecular formula is C17H27ClN4. The average molecular weight is 323 g/mol. The average Bonchev–Trinajstić information content (AvgIpc) is 2.89. The summed E-state index contributed by atoms with van der Waals surface area (Å²) in [5.41, 5.74) is 0.101. The van der Waals surface area contributed by atoms with E-state index in [4.69, 9.17) is 16.6 Å². The molecule has 0 spiro atoms. The molecular weight excluding hydrogens is 296 g/mol. The molecule has 3 rings (SSSR count). The summed E-state index contributed by atoms with van der Waals surface area (Å²) in [6.07, 6.45) is 6.03. The van der Waals surface area contributed by atoms with Gasteiger partial charge >= 0.3 is 0 Å². The molecule has 5 heteroatoms. The first-order valence-corrected chi connectivity index (χ1v) is 8.77. The maximum atomic E-state index is 6.33. The molecule has 0 atom stereocenters. The number of hydrogen-bond acceptors (Lipinski definition) is 4. The lowest BCUT2D eigenvalue weighted by molar-refractivity contribution is 0.239. The van der Waals surface area contributed by atoms with E-state index in [0.717, 1.165) is 37.7 Å². The van der Waals surface area contributed by atoms with Crippen molar-refractivity contribution in [2.75, 3.05) is 22.9 Å². The Balaban J connectivity index is 2.02. The lowest BCUT2D eigenvalue weighted by Gasteiger charge is -2.53. The molecule has 0 bridgehead atoms. The van der Waals surface area contributed by atoms with Gasteiger partial charge in [-0.15, -0.1) is 0 Å². The monoisotopic (exact) mass is 322 g/mol. The Kier molecular flexibility index (Phi) is 4.00. The minimum atomic E-state index is 0.0503. The second-order valence-corrected chi connectivity index (χ2v) is 8.24. The van der Waals surface area contributed by atoms with Crippen molar-refractivity contribution >= 4 is 23.4 Å². The molecule has 0 amide bonds. The molecule has 2 aliphatic rings. The van der Waals surface area contributed by atoms with E-state index in [-0.39, 0.29) is 11.1 Å². The quantitative estimate of drug-likeness (QED) is 0.761. The van der Waals surface area contributed by atoms with E-state index >= 15 is 0 Å². The van der Waals surface area contributed by atoms with Crippen molar-refractivity contribution in [1.82, 2.24) is 9.97 Å². The van der Waals surface area contributed by atoms with Gasteiger partial charge < -0.3 is 9.80 Å². The second-order valence-electron chi connectivity index (χ2n) is 7.86. The Bertz CT molecular complexity index is 534. The zero-order chi connectivity index (χ0) is 16.0. The van der Waals surface area contributed by atoms with Gasteiger partial charge in [0, 0.05) is 30.2 Å². The third kappa shape index (κ3) is 2.90. The highest BCUT2D eigenvalue weighted by Gasteiger charge is 2.43. The number of piperidine rings is 1. The lowest BCUT2D eigenvalue weighted by atomic mass is 9.80. The van der Waals surface area contributed by atoms with E-state index in [1.807, 2.05) is 6.07 Å². The standard InChI is InChI=1S/C17H27ClN4/c1-16(2)8-7-9-17(3,4)22(16)15-19-13(18)12-14(20-15)21-10-5-6-11-21/h12H,5-11H2,1-4H3. The van der Waals surface area contributed by atoms with E-state index in [9.17, 15) is 0 Å². The van der Waals surface area contributed by atoms with Crippen LogP contribution in [0.15, 0.2) is 6.07 Å². The van der Waals surface area contributed by atoms with Crippen molar-refractivity contribution in [3.8, 4) is 0 Å². The second kappa shape index (κ2) is 5.55. The molecule has 0 aromatic carbocycles. The van der Waals surface area contributed by atoms with E-state index in [0.29, 0.717) is 5.15 Å². The summed E-state index contributed by atoms with van der Waals surface area (Å²) in [6.45, 7) is 11.3. The van der Waals surface area contributed by atoms with Gasteiger partial charge in [-0.05, 0) is 59.8 Å². The van der Waals surface area contributed by atoms with Gasteiger partial charge in [-0.3, -0.25) is 0 Å². The molecule has 2 saturated heterocycles. The van der Waals surface area contributed by atoms with Gasteiger partial charge in [0.15, 0.2) is 0 Å². The van der Waals surface area contributed by atoms with Crippen molar-refractivity contribution in [1.29, 1.82) is 0 Å². The highest BCUT2D eigenvalue weighted by Crippen LogP contribution is 2.41. The van der Waals surface area contributed by atoms with Crippen LogP contribution in [0.4, 0.5) is 11.8 Å². The number of anilines is 2. The van der Waals surface area contributed by atoms with Crippen LogP contribution in [0.3, 0.4) is 0 Å². The summed E-state index contributed by atoms with van der Waals surface area (Å²) in [6, 6.07) is 1.90. The van der Waals surface area contributed by atoms with Crippen molar-refractivity contribution in [3.63, 3.8) is 0 Å². The summed E-state index contributed by atoms with van der Waals surface area (Å²) in [7, 11) is 0. The first kappa shape index (κ1) is 15.9. The van der Waals surface area contributed by atoms with Gasteiger partial charge in [0.05, 0.1) is 0 Å². The van der Waals surface area contributed by atoms with Crippen LogP contribution >= 0.6 is 11.6 Å². The van der Waals surface area contributed by atoms with Crippen LogP contribution < -0.4 is 9.80 Å². The molecule has 1 aromatic rings. The van der Waals surface area contributed by atoms with Crippen LogP contribution in [0, 0.1) is 0 Å². The Morgan fingerprint density at radius 2 is 1.55 bits per heavy atom. The third-order valence-corrected chi connectivity index (χ3v) is 5.28. The maximum absolute atomic E-state index is 6.33. The van der Waals surface area contributed by atoms with E-state index in [1.54, 1.807) is 0 Å². The molecule has 0 saturated carbocycles. The van der Waals surface area contributed by atoms with Crippen LogP contribution in [0.2, 0.25) is 5.15 Å². The third-order valence-electron chi connectivity index (χ3n) is 5.09. The molecule has 22 heavy (non-hydrogen) atoms. The number of halogens is 1. The molecule has 0 radical (unpaired) electrons. The molecule has 0 aliphatic carbocycles. The highest BCUT2D eigenvalue weighted by atomic mass is 35.5. The Hall–Kier alpha value is -1.03. The van der Waals surface area contributed by atoms with Gasteiger partial charge in [-0.2, -0.15) is 4.98 Å². The molecule has 122 valence electrons. The topological polar surface area (TPSA) is 32.3 Å². The predicted octanol–water partition coefficient (Wildman–Crippen LogP) is 4.28. The smallest absolute Gasteiger partial charge is 0.229 e. The number of hydrogen-bond donors (Lipinski definition) is 0. The summed E-state index contributed by atoms with van der Waals surface area (Å²) in [4.78, 5) is 14.2. The summed E-state index contributed by atoms with van der Waals surface area (Å²) < 4.78 is 0. The largest absolute Gasteiger partial charge is 0.356 e. The van der Waals surface area contributed by atoms with Gasteiger partial charge in [0.1, 0.15) is 11.0 Å². The van der Waals surface area contributed by atoms with Gasteiger partial charge in [0.2, 0.25) is 5.95 Å².